The molecule has 1 heterocycles. The predicted molar refractivity (Wildman–Crippen MR) is 65.8 cm³/mol. The third-order valence-corrected chi connectivity index (χ3v) is 2.96. The van der Waals surface area contributed by atoms with Crippen molar-refractivity contribution < 1.29 is 9.18 Å². The summed E-state index contributed by atoms with van der Waals surface area (Å²) in [6.07, 6.45) is 4.35. The quantitative estimate of drug-likeness (QED) is 0.780. The number of nitrogens with zero attached hydrogens (tertiary/aromatic N) is 2. The number of carbonyl (C=O) groups is 1. The minimum Gasteiger partial charge on any atom is -0.293 e. The third-order valence-electron chi connectivity index (χ3n) is 2.96. The Labute approximate surface area is 105 Å². The molecule has 18 heavy (non-hydrogen) atoms. The largest absolute Gasteiger partial charge is 0.293 e. The van der Waals surface area contributed by atoms with Crippen LogP contribution in [-0.4, -0.2) is 15.8 Å². The maximum Gasteiger partial charge on any atom is 0.175 e. The molecule has 92 valence electrons. The van der Waals surface area contributed by atoms with Crippen LogP contribution in [0.3, 0.4) is 0 Å². The highest BCUT2D eigenvalue weighted by Crippen LogP contribution is 2.27. The first-order valence-electron chi connectivity index (χ1n) is 5.57. The minimum atomic E-state index is -0.738. The summed E-state index contributed by atoms with van der Waals surface area (Å²) in [4.78, 5) is 20.0. The summed E-state index contributed by atoms with van der Waals surface area (Å²) in [5, 5.41) is 0. The molecule has 0 aliphatic carbocycles. The van der Waals surface area contributed by atoms with Crippen LogP contribution in [-0.2, 0) is 5.41 Å². The Balaban J connectivity index is 2.37. The van der Waals surface area contributed by atoms with Gasteiger partial charge in [-0.05, 0) is 31.5 Å². The van der Waals surface area contributed by atoms with Crippen molar-refractivity contribution in [1.29, 1.82) is 0 Å². The van der Waals surface area contributed by atoms with Crippen molar-refractivity contribution in [3.05, 3.63) is 59.9 Å². The highest BCUT2D eigenvalue weighted by molar-refractivity contribution is 6.03. The van der Waals surface area contributed by atoms with E-state index in [0.29, 0.717) is 5.56 Å². The van der Waals surface area contributed by atoms with Crippen LogP contribution in [0.1, 0.15) is 29.8 Å². The molecule has 0 bridgehead atoms. The molecule has 0 spiro atoms. The van der Waals surface area contributed by atoms with Gasteiger partial charge in [0.2, 0.25) is 0 Å². The van der Waals surface area contributed by atoms with E-state index in [9.17, 15) is 9.18 Å². The summed E-state index contributed by atoms with van der Waals surface area (Å²) in [6.45, 7) is 3.60. The molecular formula is C14H13FN2O. The number of hydrogen-bond donors (Lipinski definition) is 0. The molecule has 0 aliphatic rings. The van der Waals surface area contributed by atoms with Crippen molar-refractivity contribution in [1.82, 2.24) is 9.97 Å². The zero-order chi connectivity index (χ0) is 13.2. The number of ketones is 1. The SMILES string of the molecule is CC(C)(C(=O)c1cncnc1)c1ccc(F)cc1. The first kappa shape index (κ1) is 12.4. The van der Waals surface area contributed by atoms with Crippen molar-refractivity contribution in [3.8, 4) is 0 Å². The van der Waals surface area contributed by atoms with Gasteiger partial charge in [0.05, 0.1) is 11.0 Å². The summed E-state index contributed by atoms with van der Waals surface area (Å²) in [5.74, 6) is -0.403. The van der Waals surface area contributed by atoms with Gasteiger partial charge in [0, 0.05) is 12.4 Å². The van der Waals surface area contributed by atoms with E-state index in [1.54, 1.807) is 26.0 Å². The van der Waals surface area contributed by atoms with Gasteiger partial charge >= 0.3 is 0 Å². The topological polar surface area (TPSA) is 42.9 Å². The molecule has 0 fully saturated rings. The van der Waals surface area contributed by atoms with Gasteiger partial charge in [0.25, 0.3) is 0 Å². The number of Topliss-reactive ketones (excluding diaryl/α,β-unsaturated/α-hetero) is 1. The van der Waals surface area contributed by atoms with Crippen LogP contribution in [0, 0.1) is 5.82 Å². The van der Waals surface area contributed by atoms with Crippen molar-refractivity contribution >= 4 is 5.78 Å². The lowest BCUT2D eigenvalue weighted by atomic mass is 9.78. The monoisotopic (exact) mass is 244 g/mol. The fourth-order valence-electron chi connectivity index (χ4n) is 1.77. The first-order valence-corrected chi connectivity index (χ1v) is 5.57. The minimum absolute atomic E-state index is 0.0882. The lowest BCUT2D eigenvalue weighted by molar-refractivity contribution is 0.0908. The molecule has 2 rings (SSSR count). The Bertz CT molecular complexity index is 550. The van der Waals surface area contributed by atoms with E-state index in [1.165, 1.54) is 30.9 Å². The van der Waals surface area contributed by atoms with Gasteiger partial charge in [0.15, 0.2) is 5.78 Å². The molecule has 0 unspecified atom stereocenters. The van der Waals surface area contributed by atoms with Gasteiger partial charge in [-0.3, -0.25) is 4.79 Å². The van der Waals surface area contributed by atoms with Crippen molar-refractivity contribution in [2.24, 2.45) is 0 Å². The lowest BCUT2D eigenvalue weighted by Gasteiger charge is -2.23. The molecule has 0 amide bonds. The molecule has 1 aromatic heterocycles. The normalized spacial score (nSPS) is 11.3. The molecule has 0 saturated carbocycles. The van der Waals surface area contributed by atoms with Crippen LogP contribution >= 0.6 is 0 Å². The summed E-state index contributed by atoms with van der Waals surface area (Å²) in [5.41, 5.74) is 0.475. The second kappa shape index (κ2) is 4.64. The van der Waals surface area contributed by atoms with Gasteiger partial charge in [-0.2, -0.15) is 0 Å². The van der Waals surface area contributed by atoms with Gasteiger partial charge in [-0.25, -0.2) is 14.4 Å². The second-order valence-corrected chi connectivity index (χ2v) is 4.59. The van der Waals surface area contributed by atoms with E-state index >= 15 is 0 Å². The van der Waals surface area contributed by atoms with Crippen molar-refractivity contribution in [3.63, 3.8) is 0 Å². The van der Waals surface area contributed by atoms with Crippen LogP contribution in [0.5, 0.6) is 0 Å². The van der Waals surface area contributed by atoms with E-state index in [-0.39, 0.29) is 11.6 Å². The van der Waals surface area contributed by atoms with E-state index in [0.717, 1.165) is 5.56 Å². The molecule has 0 aliphatic heterocycles. The van der Waals surface area contributed by atoms with E-state index in [2.05, 4.69) is 9.97 Å². The van der Waals surface area contributed by atoms with E-state index < -0.39 is 5.41 Å². The van der Waals surface area contributed by atoms with Crippen LogP contribution in [0.2, 0.25) is 0 Å². The summed E-state index contributed by atoms with van der Waals surface area (Å²) in [6, 6.07) is 5.95. The van der Waals surface area contributed by atoms with Crippen LogP contribution < -0.4 is 0 Å². The van der Waals surface area contributed by atoms with Gasteiger partial charge < -0.3 is 0 Å². The zero-order valence-electron chi connectivity index (χ0n) is 10.2. The molecule has 3 nitrogen and oxygen atoms in total. The summed E-state index contributed by atoms with van der Waals surface area (Å²) in [7, 11) is 0. The van der Waals surface area contributed by atoms with E-state index in [1.807, 2.05) is 0 Å². The van der Waals surface area contributed by atoms with Gasteiger partial charge in [-0.1, -0.05) is 12.1 Å². The molecule has 2 aromatic rings. The predicted octanol–water partition coefficient (Wildman–Crippen LogP) is 2.78. The Hall–Kier alpha value is -2.10. The first-order chi connectivity index (χ1) is 8.51. The molecule has 0 saturated heterocycles. The number of halogens is 1. The zero-order valence-corrected chi connectivity index (χ0v) is 10.2. The summed E-state index contributed by atoms with van der Waals surface area (Å²) >= 11 is 0. The number of benzene rings is 1. The van der Waals surface area contributed by atoms with Crippen molar-refractivity contribution in [2.45, 2.75) is 19.3 Å². The molecule has 1 aromatic carbocycles. The molecule has 0 N–H and O–H groups in total. The van der Waals surface area contributed by atoms with Crippen molar-refractivity contribution in [2.75, 3.05) is 0 Å². The molecule has 4 heteroatoms. The highest BCUT2D eigenvalue weighted by atomic mass is 19.1. The standard InChI is InChI=1S/C14H13FN2O/c1-14(2,11-3-5-12(15)6-4-11)13(18)10-7-16-9-17-8-10/h3-9H,1-2H3. The Morgan fingerprint density at radius 2 is 1.67 bits per heavy atom. The average molecular weight is 244 g/mol. The highest BCUT2D eigenvalue weighted by Gasteiger charge is 2.30. The Morgan fingerprint density at radius 1 is 1.11 bits per heavy atom. The molecule has 0 atom stereocenters. The fraction of sp³-hybridized carbons (Fsp3) is 0.214. The molecular weight excluding hydrogens is 231 g/mol. The number of hydrogen-bond acceptors (Lipinski definition) is 3. The van der Waals surface area contributed by atoms with Gasteiger partial charge in [-0.15, -0.1) is 0 Å². The second-order valence-electron chi connectivity index (χ2n) is 4.59. The summed E-state index contributed by atoms with van der Waals surface area (Å²) < 4.78 is 12.9. The number of aromatic nitrogens is 2. The average Bonchev–Trinajstić information content (AvgIpc) is 2.39. The number of rotatable bonds is 3. The number of carbonyl (C=O) groups excluding carboxylic acids is 1. The lowest BCUT2D eigenvalue weighted by Crippen LogP contribution is -2.29. The molecule has 0 radical (unpaired) electrons. The third kappa shape index (κ3) is 2.27. The Morgan fingerprint density at radius 3 is 2.22 bits per heavy atom. The maximum atomic E-state index is 12.9. The maximum absolute atomic E-state index is 12.9. The fourth-order valence-corrected chi connectivity index (χ4v) is 1.77. The van der Waals surface area contributed by atoms with Crippen LogP contribution in [0.15, 0.2) is 43.0 Å². The smallest absolute Gasteiger partial charge is 0.175 e. The van der Waals surface area contributed by atoms with Crippen LogP contribution in [0.4, 0.5) is 4.39 Å². The van der Waals surface area contributed by atoms with Gasteiger partial charge in [0.1, 0.15) is 12.1 Å². The van der Waals surface area contributed by atoms with E-state index in [4.69, 9.17) is 0 Å². The Kier molecular flexibility index (Phi) is 3.19. The van der Waals surface area contributed by atoms with Crippen LogP contribution in [0.25, 0.3) is 0 Å².